The molecule has 0 aliphatic carbocycles. The molecule has 7 heteroatoms. The van der Waals surface area contributed by atoms with E-state index < -0.39 is 11.8 Å². The largest absolute Gasteiger partial charge is 0.495 e. The molecule has 0 fully saturated rings. The van der Waals surface area contributed by atoms with Gasteiger partial charge in [0.25, 0.3) is 0 Å². The van der Waals surface area contributed by atoms with Gasteiger partial charge >= 0.3 is 11.8 Å². The zero-order valence-electron chi connectivity index (χ0n) is 12.3. The highest BCUT2D eigenvalue weighted by atomic mass is 35.5. The number of anilines is 1. The molecule has 21 heavy (non-hydrogen) atoms. The van der Waals surface area contributed by atoms with Crippen molar-refractivity contribution in [1.82, 2.24) is 5.32 Å². The molecule has 0 radical (unpaired) electrons. The van der Waals surface area contributed by atoms with Crippen molar-refractivity contribution in [3.63, 3.8) is 0 Å². The summed E-state index contributed by atoms with van der Waals surface area (Å²) in [6.07, 6.45) is 1.75. The Morgan fingerprint density at radius 1 is 1.14 bits per heavy atom. The quantitative estimate of drug-likeness (QED) is 0.623. The first kappa shape index (κ1) is 17.1. The predicted molar refractivity (Wildman–Crippen MR) is 81.1 cm³/mol. The van der Waals surface area contributed by atoms with Crippen LogP contribution >= 0.6 is 11.6 Å². The Balaban J connectivity index is 2.81. The highest BCUT2D eigenvalue weighted by Gasteiger charge is 2.17. The third kappa shape index (κ3) is 4.82. The summed E-state index contributed by atoms with van der Waals surface area (Å²) in [6.45, 7) is 2.46. The Kier molecular flexibility index (Phi) is 6.81. The first-order valence-electron chi connectivity index (χ1n) is 6.54. The lowest BCUT2D eigenvalue weighted by Crippen LogP contribution is -2.35. The van der Waals surface area contributed by atoms with Gasteiger partial charge in [0.05, 0.1) is 24.9 Å². The number of nitrogens with one attached hydrogen (secondary N) is 2. The van der Waals surface area contributed by atoms with Gasteiger partial charge in [0.1, 0.15) is 11.5 Å². The fraction of sp³-hybridized carbons (Fsp3) is 0.429. The zero-order chi connectivity index (χ0) is 15.8. The first-order valence-corrected chi connectivity index (χ1v) is 6.92. The number of unbranched alkanes of at least 4 members (excludes halogenated alkanes) is 1. The van der Waals surface area contributed by atoms with E-state index in [9.17, 15) is 9.59 Å². The van der Waals surface area contributed by atoms with Crippen LogP contribution in [0.2, 0.25) is 5.02 Å². The Morgan fingerprint density at radius 3 is 2.38 bits per heavy atom. The molecule has 0 heterocycles. The summed E-state index contributed by atoms with van der Waals surface area (Å²) >= 11 is 5.97. The number of benzene rings is 1. The summed E-state index contributed by atoms with van der Waals surface area (Å²) in [5.41, 5.74) is 0.314. The van der Waals surface area contributed by atoms with E-state index in [-0.39, 0.29) is 0 Å². The third-order valence-corrected chi connectivity index (χ3v) is 3.04. The second-order valence-electron chi connectivity index (χ2n) is 4.25. The molecule has 1 rings (SSSR count). The highest BCUT2D eigenvalue weighted by Crippen LogP contribution is 2.35. The SMILES string of the molecule is CCCCNC(=O)C(=O)Nc1cc(OC)c(Cl)cc1OC. The average Bonchev–Trinajstić information content (AvgIpc) is 2.48. The number of ether oxygens (including phenoxy) is 2. The topological polar surface area (TPSA) is 76.7 Å². The van der Waals surface area contributed by atoms with Crippen molar-refractivity contribution in [2.45, 2.75) is 19.8 Å². The van der Waals surface area contributed by atoms with Gasteiger partial charge in [-0.05, 0) is 6.42 Å². The van der Waals surface area contributed by atoms with Crippen LogP contribution in [0.1, 0.15) is 19.8 Å². The smallest absolute Gasteiger partial charge is 0.313 e. The van der Waals surface area contributed by atoms with Crippen molar-refractivity contribution in [3.05, 3.63) is 17.2 Å². The molecule has 0 aliphatic rings. The molecular formula is C14H19ClN2O4. The van der Waals surface area contributed by atoms with Crippen LogP contribution in [0, 0.1) is 0 Å². The number of carbonyl (C=O) groups is 2. The van der Waals surface area contributed by atoms with Crippen LogP contribution in [0.4, 0.5) is 5.69 Å². The number of hydrogen-bond acceptors (Lipinski definition) is 4. The van der Waals surface area contributed by atoms with Gasteiger partial charge in [0.15, 0.2) is 0 Å². The van der Waals surface area contributed by atoms with Gasteiger partial charge in [-0.2, -0.15) is 0 Å². The van der Waals surface area contributed by atoms with E-state index in [2.05, 4.69) is 10.6 Å². The van der Waals surface area contributed by atoms with Crippen molar-refractivity contribution in [2.24, 2.45) is 0 Å². The number of halogens is 1. The van der Waals surface area contributed by atoms with Crippen molar-refractivity contribution in [2.75, 3.05) is 26.1 Å². The molecule has 2 amide bonds. The van der Waals surface area contributed by atoms with Crippen molar-refractivity contribution < 1.29 is 19.1 Å². The molecule has 2 N–H and O–H groups in total. The van der Waals surface area contributed by atoms with E-state index in [0.717, 1.165) is 12.8 Å². The second kappa shape index (κ2) is 8.36. The van der Waals surface area contributed by atoms with Crippen LogP contribution in [-0.4, -0.2) is 32.6 Å². The van der Waals surface area contributed by atoms with E-state index >= 15 is 0 Å². The van der Waals surface area contributed by atoms with E-state index in [1.165, 1.54) is 26.4 Å². The van der Waals surface area contributed by atoms with Crippen LogP contribution in [0.25, 0.3) is 0 Å². The average molecular weight is 315 g/mol. The summed E-state index contributed by atoms with van der Waals surface area (Å²) in [5, 5.41) is 5.35. The van der Waals surface area contributed by atoms with Gasteiger partial charge in [-0.1, -0.05) is 24.9 Å². The first-order chi connectivity index (χ1) is 10.0. The minimum atomic E-state index is -0.770. The summed E-state index contributed by atoms with van der Waals surface area (Å²) in [6, 6.07) is 3.00. The van der Waals surface area contributed by atoms with Gasteiger partial charge in [0.2, 0.25) is 0 Å². The number of methoxy groups -OCH3 is 2. The molecule has 0 saturated carbocycles. The molecule has 116 valence electrons. The fourth-order valence-corrected chi connectivity index (χ4v) is 1.83. The molecule has 0 bridgehead atoms. The molecule has 0 spiro atoms. The van der Waals surface area contributed by atoms with Crippen LogP contribution < -0.4 is 20.1 Å². The van der Waals surface area contributed by atoms with Gasteiger partial charge in [0, 0.05) is 18.7 Å². The molecule has 0 aromatic heterocycles. The lowest BCUT2D eigenvalue weighted by molar-refractivity contribution is -0.136. The Morgan fingerprint density at radius 2 is 1.81 bits per heavy atom. The van der Waals surface area contributed by atoms with Crippen LogP contribution in [0.5, 0.6) is 11.5 Å². The number of hydrogen-bond donors (Lipinski definition) is 2. The Hall–Kier alpha value is -1.95. The molecule has 6 nitrogen and oxygen atoms in total. The normalized spacial score (nSPS) is 9.90. The van der Waals surface area contributed by atoms with Gasteiger partial charge in [-0.3, -0.25) is 9.59 Å². The number of rotatable bonds is 6. The van der Waals surface area contributed by atoms with Crippen LogP contribution in [-0.2, 0) is 9.59 Å². The molecule has 1 aromatic carbocycles. The lowest BCUT2D eigenvalue weighted by atomic mass is 10.2. The Bertz CT molecular complexity index is 520. The maximum atomic E-state index is 11.8. The van der Waals surface area contributed by atoms with E-state index in [1.807, 2.05) is 6.92 Å². The van der Waals surface area contributed by atoms with E-state index in [4.69, 9.17) is 21.1 Å². The molecule has 0 atom stereocenters. The standard InChI is InChI=1S/C14H19ClN2O4/c1-4-5-6-16-13(18)14(19)17-10-8-11(20-2)9(15)7-12(10)21-3/h7-8H,4-6H2,1-3H3,(H,16,18)(H,17,19). The molecular weight excluding hydrogens is 296 g/mol. The monoisotopic (exact) mass is 314 g/mol. The minimum absolute atomic E-state index is 0.314. The number of amides is 2. The van der Waals surface area contributed by atoms with Gasteiger partial charge in [-0.15, -0.1) is 0 Å². The summed E-state index contributed by atoms with van der Waals surface area (Å²) < 4.78 is 10.2. The summed E-state index contributed by atoms with van der Waals surface area (Å²) in [7, 11) is 2.89. The zero-order valence-corrected chi connectivity index (χ0v) is 13.0. The molecule has 0 saturated heterocycles. The van der Waals surface area contributed by atoms with Crippen molar-refractivity contribution >= 4 is 29.1 Å². The Labute approximate surface area is 128 Å². The fourth-order valence-electron chi connectivity index (χ4n) is 1.60. The van der Waals surface area contributed by atoms with Gasteiger partial charge < -0.3 is 20.1 Å². The highest BCUT2D eigenvalue weighted by molar-refractivity contribution is 6.40. The maximum absolute atomic E-state index is 11.8. The van der Waals surface area contributed by atoms with E-state index in [0.29, 0.717) is 28.8 Å². The third-order valence-electron chi connectivity index (χ3n) is 2.74. The maximum Gasteiger partial charge on any atom is 0.313 e. The van der Waals surface area contributed by atoms with E-state index in [1.54, 1.807) is 0 Å². The van der Waals surface area contributed by atoms with Crippen molar-refractivity contribution in [3.8, 4) is 11.5 Å². The number of carbonyl (C=O) groups excluding carboxylic acids is 2. The van der Waals surface area contributed by atoms with Crippen molar-refractivity contribution in [1.29, 1.82) is 0 Å². The predicted octanol–water partition coefficient (Wildman–Crippen LogP) is 2.21. The second-order valence-corrected chi connectivity index (χ2v) is 4.66. The lowest BCUT2D eigenvalue weighted by Gasteiger charge is -2.13. The summed E-state index contributed by atoms with van der Waals surface area (Å²) in [5.74, 6) is -0.747. The molecule has 0 aliphatic heterocycles. The minimum Gasteiger partial charge on any atom is -0.495 e. The van der Waals surface area contributed by atoms with Crippen LogP contribution in [0.15, 0.2) is 12.1 Å². The molecule has 0 unspecified atom stereocenters. The van der Waals surface area contributed by atoms with Crippen LogP contribution in [0.3, 0.4) is 0 Å². The summed E-state index contributed by atoms with van der Waals surface area (Å²) in [4.78, 5) is 23.4. The molecule has 1 aromatic rings. The van der Waals surface area contributed by atoms with Gasteiger partial charge in [-0.25, -0.2) is 0 Å².